The van der Waals surface area contributed by atoms with E-state index in [1.54, 1.807) is 0 Å². The first kappa shape index (κ1) is 14.0. The van der Waals surface area contributed by atoms with Crippen LogP contribution in [-0.2, 0) is 22.4 Å². The van der Waals surface area contributed by atoms with Crippen molar-refractivity contribution in [2.45, 2.75) is 51.6 Å². The van der Waals surface area contributed by atoms with Crippen LogP contribution in [0.15, 0.2) is 4.52 Å². The molecule has 6 heteroatoms. The number of ether oxygens (including phenoxy) is 1. The van der Waals surface area contributed by atoms with Gasteiger partial charge in [-0.05, 0) is 19.3 Å². The average Bonchev–Trinajstić information content (AvgIpc) is 3.05. The lowest BCUT2D eigenvalue weighted by molar-refractivity contribution is -0.121. The third-order valence-corrected chi connectivity index (χ3v) is 3.10. The van der Waals surface area contributed by atoms with Crippen molar-refractivity contribution in [3.8, 4) is 0 Å². The van der Waals surface area contributed by atoms with Crippen molar-refractivity contribution in [1.29, 1.82) is 0 Å². The summed E-state index contributed by atoms with van der Waals surface area (Å²) in [5.74, 6) is 1.26. The van der Waals surface area contributed by atoms with Crippen LogP contribution in [0, 0.1) is 0 Å². The molecule has 6 nitrogen and oxygen atoms in total. The zero-order valence-electron chi connectivity index (χ0n) is 11.4. The van der Waals surface area contributed by atoms with Gasteiger partial charge >= 0.3 is 0 Å². The molecule has 1 fully saturated rings. The van der Waals surface area contributed by atoms with Gasteiger partial charge in [0.2, 0.25) is 11.8 Å². The Kier molecular flexibility index (Phi) is 5.32. The zero-order chi connectivity index (χ0) is 13.5. The molecule has 0 unspecified atom stereocenters. The molecular weight excluding hydrogens is 246 g/mol. The van der Waals surface area contributed by atoms with Gasteiger partial charge in [0, 0.05) is 32.4 Å². The van der Waals surface area contributed by atoms with E-state index in [9.17, 15) is 4.79 Å². The first-order chi connectivity index (χ1) is 9.28. The highest BCUT2D eigenvalue weighted by Gasteiger charge is 2.16. The number of aromatic nitrogens is 2. The molecule has 19 heavy (non-hydrogen) atoms. The van der Waals surface area contributed by atoms with Gasteiger partial charge in [-0.25, -0.2) is 0 Å². The van der Waals surface area contributed by atoms with Gasteiger partial charge in [0.1, 0.15) is 0 Å². The summed E-state index contributed by atoms with van der Waals surface area (Å²) in [6, 6.07) is 0. The van der Waals surface area contributed by atoms with E-state index in [2.05, 4.69) is 22.4 Å². The smallest absolute Gasteiger partial charge is 0.227 e. The van der Waals surface area contributed by atoms with Crippen molar-refractivity contribution in [2.24, 2.45) is 0 Å². The van der Waals surface area contributed by atoms with Gasteiger partial charge in [-0.15, -0.1) is 0 Å². The van der Waals surface area contributed by atoms with Crippen LogP contribution in [0.25, 0.3) is 0 Å². The maximum Gasteiger partial charge on any atom is 0.227 e. The molecule has 2 heterocycles. The van der Waals surface area contributed by atoms with Crippen LogP contribution >= 0.6 is 0 Å². The van der Waals surface area contributed by atoms with Gasteiger partial charge in [0.05, 0.1) is 6.10 Å². The summed E-state index contributed by atoms with van der Waals surface area (Å²) in [5.41, 5.74) is 0. The molecule has 0 aliphatic carbocycles. The lowest BCUT2D eigenvalue weighted by Gasteiger charge is -2.09. The molecule has 1 amide bonds. The summed E-state index contributed by atoms with van der Waals surface area (Å²) >= 11 is 0. The minimum absolute atomic E-state index is 0.00532. The summed E-state index contributed by atoms with van der Waals surface area (Å²) in [6.45, 7) is 3.47. The number of hydrogen-bond acceptors (Lipinski definition) is 5. The molecule has 1 aliphatic heterocycles. The topological polar surface area (TPSA) is 77.2 Å². The monoisotopic (exact) mass is 267 g/mol. The number of rotatable bonds is 7. The van der Waals surface area contributed by atoms with E-state index in [0.717, 1.165) is 38.1 Å². The SMILES string of the molecule is CCCc1noc(CCC(=O)NC[C@H]2CCCO2)n1. The van der Waals surface area contributed by atoms with Crippen LogP contribution in [0.1, 0.15) is 44.3 Å². The number of aryl methyl sites for hydroxylation is 2. The summed E-state index contributed by atoms with van der Waals surface area (Å²) in [6.07, 6.45) is 4.97. The summed E-state index contributed by atoms with van der Waals surface area (Å²) in [5, 5.41) is 6.73. The van der Waals surface area contributed by atoms with Crippen molar-refractivity contribution >= 4 is 5.91 Å². The Morgan fingerprint density at radius 1 is 1.47 bits per heavy atom. The molecule has 1 atom stereocenters. The van der Waals surface area contributed by atoms with E-state index < -0.39 is 0 Å². The first-order valence-electron chi connectivity index (χ1n) is 6.97. The van der Waals surface area contributed by atoms with Crippen LogP contribution in [0.2, 0.25) is 0 Å². The highest BCUT2D eigenvalue weighted by Crippen LogP contribution is 2.10. The van der Waals surface area contributed by atoms with E-state index >= 15 is 0 Å². The van der Waals surface area contributed by atoms with Crippen molar-refractivity contribution in [1.82, 2.24) is 15.5 Å². The molecule has 0 radical (unpaired) electrons. The molecule has 106 valence electrons. The third kappa shape index (κ3) is 4.63. The molecule has 1 aliphatic rings. The lowest BCUT2D eigenvalue weighted by Crippen LogP contribution is -2.31. The van der Waals surface area contributed by atoms with Crippen LogP contribution in [0.3, 0.4) is 0 Å². The number of amides is 1. The highest BCUT2D eigenvalue weighted by atomic mass is 16.5. The fourth-order valence-corrected chi connectivity index (χ4v) is 2.06. The summed E-state index contributed by atoms with van der Waals surface area (Å²) in [7, 11) is 0. The first-order valence-corrected chi connectivity index (χ1v) is 6.97. The molecule has 0 aromatic carbocycles. The normalized spacial score (nSPS) is 18.7. The minimum atomic E-state index is 0.00532. The van der Waals surface area contributed by atoms with Crippen molar-refractivity contribution in [2.75, 3.05) is 13.2 Å². The summed E-state index contributed by atoms with van der Waals surface area (Å²) < 4.78 is 10.5. The molecule has 1 aromatic heterocycles. The van der Waals surface area contributed by atoms with Gasteiger partial charge in [-0.1, -0.05) is 12.1 Å². The van der Waals surface area contributed by atoms with Crippen molar-refractivity contribution < 1.29 is 14.1 Å². The largest absolute Gasteiger partial charge is 0.376 e. The Bertz CT molecular complexity index is 400. The van der Waals surface area contributed by atoms with E-state index in [0.29, 0.717) is 25.3 Å². The number of hydrogen-bond donors (Lipinski definition) is 1. The maximum atomic E-state index is 11.6. The van der Waals surface area contributed by atoms with Crippen LogP contribution in [0.4, 0.5) is 0 Å². The Morgan fingerprint density at radius 2 is 2.37 bits per heavy atom. The summed E-state index contributed by atoms with van der Waals surface area (Å²) in [4.78, 5) is 15.9. The quantitative estimate of drug-likeness (QED) is 0.804. The van der Waals surface area contributed by atoms with Crippen LogP contribution in [0.5, 0.6) is 0 Å². The predicted molar refractivity (Wildman–Crippen MR) is 68.6 cm³/mol. The van der Waals surface area contributed by atoms with Gasteiger partial charge in [0.15, 0.2) is 5.82 Å². The van der Waals surface area contributed by atoms with Gasteiger partial charge in [0.25, 0.3) is 0 Å². The molecule has 0 spiro atoms. The Balaban J connectivity index is 1.64. The molecule has 2 rings (SSSR count). The van der Waals surface area contributed by atoms with E-state index in [1.165, 1.54) is 0 Å². The molecule has 1 saturated heterocycles. The minimum Gasteiger partial charge on any atom is -0.376 e. The third-order valence-electron chi connectivity index (χ3n) is 3.10. The molecule has 1 aromatic rings. The zero-order valence-corrected chi connectivity index (χ0v) is 11.4. The van der Waals surface area contributed by atoms with Crippen molar-refractivity contribution in [3.63, 3.8) is 0 Å². The highest BCUT2D eigenvalue weighted by molar-refractivity contribution is 5.76. The predicted octanol–water partition coefficient (Wildman–Crippen LogP) is 1.25. The second-order valence-electron chi connectivity index (χ2n) is 4.79. The fraction of sp³-hybridized carbons (Fsp3) is 0.769. The van der Waals surface area contributed by atoms with E-state index in [4.69, 9.17) is 9.26 Å². The van der Waals surface area contributed by atoms with Gasteiger partial charge in [-0.3, -0.25) is 4.79 Å². The van der Waals surface area contributed by atoms with E-state index in [1.807, 2.05) is 0 Å². The number of nitrogens with one attached hydrogen (secondary N) is 1. The average molecular weight is 267 g/mol. The second kappa shape index (κ2) is 7.23. The second-order valence-corrected chi connectivity index (χ2v) is 4.79. The van der Waals surface area contributed by atoms with Crippen LogP contribution in [-0.4, -0.2) is 35.3 Å². The molecule has 0 saturated carbocycles. The van der Waals surface area contributed by atoms with Crippen molar-refractivity contribution in [3.05, 3.63) is 11.7 Å². The number of nitrogens with zero attached hydrogens (tertiary/aromatic N) is 2. The van der Waals surface area contributed by atoms with Crippen LogP contribution < -0.4 is 5.32 Å². The maximum absolute atomic E-state index is 11.6. The fourth-order valence-electron chi connectivity index (χ4n) is 2.06. The Labute approximate surface area is 112 Å². The molecule has 1 N–H and O–H groups in total. The standard InChI is InChI=1S/C13H21N3O3/c1-2-4-11-15-13(19-16-11)7-6-12(17)14-9-10-5-3-8-18-10/h10H,2-9H2,1H3,(H,14,17)/t10-/m1/s1. The van der Waals surface area contributed by atoms with Gasteiger partial charge < -0.3 is 14.6 Å². The lowest BCUT2D eigenvalue weighted by atomic mass is 10.2. The van der Waals surface area contributed by atoms with Gasteiger partial charge in [-0.2, -0.15) is 4.98 Å². The van der Waals surface area contributed by atoms with E-state index in [-0.39, 0.29) is 12.0 Å². The Morgan fingerprint density at radius 3 is 3.11 bits per heavy atom. The molecular formula is C13H21N3O3. The number of carbonyl (C=O) groups excluding carboxylic acids is 1. The number of carbonyl (C=O) groups is 1. The molecule has 0 bridgehead atoms. The Hall–Kier alpha value is -1.43.